The quantitative estimate of drug-likeness (QED) is 0.717. The van der Waals surface area contributed by atoms with E-state index in [4.69, 9.17) is 0 Å². The summed E-state index contributed by atoms with van der Waals surface area (Å²) in [6, 6.07) is 0. The number of hydrogen-bond donors (Lipinski definition) is 0. The van der Waals surface area contributed by atoms with Crippen LogP contribution >= 0.6 is 0 Å². The Bertz CT molecular complexity index is 322. The normalized spacial score (nSPS) is 15.5. The Labute approximate surface area is 77.8 Å². The molecule has 15 heavy (non-hydrogen) atoms. The van der Waals surface area contributed by atoms with E-state index in [1.165, 1.54) is 0 Å². The summed E-state index contributed by atoms with van der Waals surface area (Å²) in [6.07, 6.45) is -12.2. The van der Waals surface area contributed by atoms with E-state index >= 15 is 0 Å². The summed E-state index contributed by atoms with van der Waals surface area (Å²) in [5.41, 5.74) is 0. The fraction of sp³-hybridized carbons (Fsp3) is 1.00. The summed E-state index contributed by atoms with van der Waals surface area (Å²) in [6.45, 7) is 0. The molecule has 0 saturated carbocycles. The number of rotatable bonds is 2. The Balaban J connectivity index is 5.24. The van der Waals surface area contributed by atoms with Crippen molar-refractivity contribution in [1.29, 1.82) is 0 Å². The fourth-order valence-electron chi connectivity index (χ4n) is 0.482. The molecule has 0 aliphatic carbocycles. The second-order valence-electron chi connectivity index (χ2n) is 2.39. The molecular formula is C4H2F8O2S. The van der Waals surface area contributed by atoms with Crippen LogP contribution in [0.15, 0.2) is 0 Å². The molecule has 0 N–H and O–H groups in total. The molecular weight excluding hydrogens is 264 g/mol. The van der Waals surface area contributed by atoms with E-state index < -0.39 is 33.2 Å². The van der Waals surface area contributed by atoms with Crippen LogP contribution < -0.4 is 0 Å². The smallest absolute Gasteiger partial charge is 0.222 e. The second kappa shape index (κ2) is 3.46. The number of alkyl halides is 8. The molecule has 0 fully saturated rings. The summed E-state index contributed by atoms with van der Waals surface area (Å²) in [4.78, 5) is 0. The third-order valence-corrected chi connectivity index (χ3v) is 2.79. The molecule has 0 aromatic rings. The van der Waals surface area contributed by atoms with Crippen molar-refractivity contribution < 1.29 is 43.5 Å². The molecule has 0 aliphatic heterocycles. The van der Waals surface area contributed by atoms with Gasteiger partial charge in [0, 0.05) is 0 Å². The number of sulfone groups is 1. The molecule has 0 aliphatic rings. The van der Waals surface area contributed by atoms with E-state index in [1.807, 2.05) is 0 Å². The van der Waals surface area contributed by atoms with Crippen LogP contribution in [0.25, 0.3) is 0 Å². The van der Waals surface area contributed by atoms with Crippen molar-refractivity contribution in [2.45, 2.75) is 17.6 Å². The highest BCUT2D eigenvalue weighted by molar-refractivity contribution is 7.92. The highest BCUT2D eigenvalue weighted by Crippen LogP contribution is 2.41. The zero-order valence-corrected chi connectivity index (χ0v) is 7.27. The predicted octanol–water partition coefficient (Wildman–Crippen LogP) is 2.12. The molecule has 92 valence electrons. The van der Waals surface area contributed by atoms with Crippen LogP contribution in [0.5, 0.6) is 0 Å². The molecule has 0 amide bonds. The van der Waals surface area contributed by atoms with Gasteiger partial charge in [0.25, 0.3) is 0 Å². The number of hydrogen-bond acceptors (Lipinski definition) is 2. The maximum absolute atomic E-state index is 12.0. The topological polar surface area (TPSA) is 34.1 Å². The molecule has 0 aromatic carbocycles. The SMILES string of the molecule is O=S(=O)(CC(F)(F)F)C(F)(F)C(F)(F)F. The summed E-state index contributed by atoms with van der Waals surface area (Å²) in [5.74, 6) is -3.23. The molecule has 0 unspecified atom stereocenters. The largest absolute Gasteiger partial charge is 0.469 e. The van der Waals surface area contributed by atoms with Gasteiger partial charge in [-0.2, -0.15) is 35.1 Å². The van der Waals surface area contributed by atoms with Crippen molar-refractivity contribution >= 4 is 9.84 Å². The highest BCUT2D eigenvalue weighted by Gasteiger charge is 2.68. The van der Waals surface area contributed by atoms with Crippen LogP contribution in [0.3, 0.4) is 0 Å². The molecule has 0 atom stereocenters. The lowest BCUT2D eigenvalue weighted by Gasteiger charge is -2.20. The molecule has 0 spiro atoms. The van der Waals surface area contributed by atoms with E-state index in [9.17, 15) is 43.5 Å². The lowest BCUT2D eigenvalue weighted by Crippen LogP contribution is -2.47. The first-order chi connectivity index (χ1) is 6.21. The van der Waals surface area contributed by atoms with Gasteiger partial charge in [-0.3, -0.25) is 0 Å². The average Bonchev–Trinajstić information content (AvgIpc) is 1.77. The molecule has 0 heterocycles. The number of halogens is 8. The van der Waals surface area contributed by atoms with Gasteiger partial charge in [0.1, 0.15) is 0 Å². The minimum atomic E-state index is -6.66. The van der Waals surface area contributed by atoms with Crippen LogP contribution in [-0.2, 0) is 9.84 Å². The van der Waals surface area contributed by atoms with Gasteiger partial charge in [-0.05, 0) is 0 Å². The first kappa shape index (κ1) is 14.4. The highest BCUT2D eigenvalue weighted by atomic mass is 32.2. The Morgan fingerprint density at radius 3 is 1.33 bits per heavy atom. The van der Waals surface area contributed by atoms with E-state index in [0.717, 1.165) is 0 Å². The molecule has 0 rings (SSSR count). The van der Waals surface area contributed by atoms with Crippen molar-refractivity contribution in [3.63, 3.8) is 0 Å². The standard InChI is InChI=1S/C4H2F8O2S/c5-2(6,7)1-15(13,14)4(11,12)3(8,9)10/h1H2. The van der Waals surface area contributed by atoms with Gasteiger partial charge in [-0.15, -0.1) is 0 Å². The van der Waals surface area contributed by atoms with Crippen LogP contribution in [0.1, 0.15) is 0 Å². The van der Waals surface area contributed by atoms with Crippen LogP contribution in [-0.4, -0.2) is 31.8 Å². The van der Waals surface area contributed by atoms with E-state index in [0.29, 0.717) is 0 Å². The van der Waals surface area contributed by atoms with E-state index in [1.54, 1.807) is 0 Å². The molecule has 11 heteroatoms. The Kier molecular flexibility index (Phi) is 3.31. The van der Waals surface area contributed by atoms with Crippen molar-refractivity contribution in [2.75, 3.05) is 5.75 Å². The minimum absolute atomic E-state index is 3.23. The van der Waals surface area contributed by atoms with Gasteiger partial charge < -0.3 is 0 Å². The first-order valence-corrected chi connectivity index (χ1v) is 4.59. The summed E-state index contributed by atoms with van der Waals surface area (Å²) >= 11 is 0. The third kappa shape index (κ3) is 3.18. The van der Waals surface area contributed by atoms with Crippen molar-refractivity contribution in [3.8, 4) is 0 Å². The van der Waals surface area contributed by atoms with E-state index in [-0.39, 0.29) is 0 Å². The molecule has 2 nitrogen and oxygen atoms in total. The van der Waals surface area contributed by atoms with Gasteiger partial charge >= 0.3 is 17.6 Å². The third-order valence-electron chi connectivity index (χ3n) is 1.07. The monoisotopic (exact) mass is 266 g/mol. The van der Waals surface area contributed by atoms with Crippen molar-refractivity contribution in [2.24, 2.45) is 0 Å². The molecule has 0 aromatic heterocycles. The zero-order valence-electron chi connectivity index (χ0n) is 6.46. The lowest BCUT2D eigenvalue weighted by molar-refractivity contribution is -0.242. The average molecular weight is 266 g/mol. The van der Waals surface area contributed by atoms with Crippen LogP contribution in [0.2, 0.25) is 0 Å². The maximum atomic E-state index is 12.0. The summed E-state index contributed by atoms with van der Waals surface area (Å²) < 4.78 is 113. The van der Waals surface area contributed by atoms with Crippen molar-refractivity contribution in [1.82, 2.24) is 0 Å². The van der Waals surface area contributed by atoms with Gasteiger partial charge in [-0.1, -0.05) is 0 Å². The summed E-state index contributed by atoms with van der Waals surface area (Å²) in [5, 5.41) is -6.41. The van der Waals surface area contributed by atoms with Gasteiger partial charge in [0.05, 0.1) is 0 Å². The molecule has 0 bridgehead atoms. The van der Waals surface area contributed by atoms with Gasteiger partial charge in [0.2, 0.25) is 9.84 Å². The Morgan fingerprint density at radius 1 is 0.800 bits per heavy atom. The first-order valence-electron chi connectivity index (χ1n) is 2.94. The minimum Gasteiger partial charge on any atom is -0.222 e. The Morgan fingerprint density at radius 2 is 1.13 bits per heavy atom. The van der Waals surface area contributed by atoms with Gasteiger partial charge in [0.15, 0.2) is 5.75 Å². The lowest BCUT2D eigenvalue weighted by atomic mass is 10.7. The predicted molar refractivity (Wildman–Crippen MR) is 30.8 cm³/mol. The fourth-order valence-corrected chi connectivity index (χ4v) is 1.45. The zero-order chi connectivity index (χ0) is 12.7. The summed E-state index contributed by atoms with van der Waals surface area (Å²) in [7, 11) is -6.66. The maximum Gasteiger partial charge on any atom is 0.469 e. The van der Waals surface area contributed by atoms with Crippen LogP contribution in [0.4, 0.5) is 35.1 Å². The van der Waals surface area contributed by atoms with Crippen molar-refractivity contribution in [3.05, 3.63) is 0 Å². The second-order valence-corrected chi connectivity index (χ2v) is 4.42. The van der Waals surface area contributed by atoms with Crippen LogP contribution in [0, 0.1) is 0 Å². The molecule has 0 saturated heterocycles. The van der Waals surface area contributed by atoms with Gasteiger partial charge in [-0.25, -0.2) is 8.42 Å². The Hall–Kier alpha value is -0.610. The molecule has 0 radical (unpaired) electrons. The van der Waals surface area contributed by atoms with E-state index in [2.05, 4.69) is 0 Å².